The number of nitrogens with zero attached hydrogens (tertiary/aromatic N) is 1. The molecule has 1 atom stereocenters. The van der Waals surface area contributed by atoms with Crippen LogP contribution in [0.25, 0.3) is 0 Å². The van der Waals surface area contributed by atoms with Crippen LogP contribution in [0.2, 0.25) is 0 Å². The molecule has 0 aliphatic carbocycles. The molecule has 0 N–H and O–H groups in total. The van der Waals surface area contributed by atoms with Gasteiger partial charge in [0.25, 0.3) is 0 Å². The smallest absolute Gasteiger partial charge is 0.409 e. The number of rotatable bonds is 10. The molecule has 0 spiro atoms. The normalized spacial score (nSPS) is 12.8. The number of hydrogen-bond acceptors (Lipinski definition) is 4. The van der Waals surface area contributed by atoms with Gasteiger partial charge in [-0.3, -0.25) is 4.79 Å². The van der Waals surface area contributed by atoms with Crippen molar-refractivity contribution in [1.82, 2.24) is 4.90 Å². The first kappa shape index (κ1) is 22.6. The maximum atomic E-state index is 12.3. The quantitative estimate of drug-likeness (QED) is 0.553. The molecule has 5 nitrogen and oxygen atoms in total. The molecule has 0 aliphatic rings. The Morgan fingerprint density at radius 2 is 1.79 bits per heavy atom. The first-order valence-electron chi connectivity index (χ1n) is 9.90. The van der Waals surface area contributed by atoms with Gasteiger partial charge in [0.05, 0.1) is 12.0 Å². The van der Waals surface area contributed by atoms with Crippen LogP contribution in [0.3, 0.4) is 0 Å². The summed E-state index contributed by atoms with van der Waals surface area (Å²) in [6.07, 6.45) is 0.306. The van der Waals surface area contributed by atoms with E-state index in [0.29, 0.717) is 26.2 Å². The van der Waals surface area contributed by atoms with Crippen LogP contribution in [-0.2, 0) is 26.3 Å². The van der Waals surface area contributed by atoms with Crippen LogP contribution in [0.15, 0.2) is 54.6 Å². The van der Waals surface area contributed by atoms with Crippen LogP contribution in [0.5, 0.6) is 0 Å². The van der Waals surface area contributed by atoms with Crippen molar-refractivity contribution < 1.29 is 19.1 Å². The minimum atomic E-state index is -0.674. The van der Waals surface area contributed by atoms with Gasteiger partial charge in [0.2, 0.25) is 0 Å². The molecule has 0 radical (unpaired) electrons. The summed E-state index contributed by atoms with van der Waals surface area (Å²) in [7, 11) is 1.71. The first-order valence-corrected chi connectivity index (χ1v) is 9.90. The number of aryl methyl sites for hydroxylation is 1. The molecule has 2 aromatic rings. The van der Waals surface area contributed by atoms with Crippen LogP contribution in [0.1, 0.15) is 37.0 Å². The summed E-state index contributed by atoms with van der Waals surface area (Å²) >= 11 is 0. The van der Waals surface area contributed by atoms with E-state index in [2.05, 4.69) is 0 Å². The monoisotopic (exact) mass is 397 g/mol. The van der Waals surface area contributed by atoms with Crippen molar-refractivity contribution in [3.63, 3.8) is 0 Å². The summed E-state index contributed by atoms with van der Waals surface area (Å²) in [6, 6.07) is 17.6. The van der Waals surface area contributed by atoms with E-state index in [0.717, 1.165) is 16.7 Å². The van der Waals surface area contributed by atoms with Crippen molar-refractivity contribution in [2.75, 3.05) is 26.8 Å². The van der Waals surface area contributed by atoms with Crippen LogP contribution < -0.4 is 0 Å². The van der Waals surface area contributed by atoms with Crippen LogP contribution in [-0.4, -0.2) is 43.6 Å². The second-order valence-corrected chi connectivity index (χ2v) is 7.63. The lowest BCUT2D eigenvalue weighted by Crippen LogP contribution is -2.36. The molecular weight excluding hydrogens is 366 g/mol. The van der Waals surface area contributed by atoms with Gasteiger partial charge in [0.15, 0.2) is 0 Å². The van der Waals surface area contributed by atoms with Gasteiger partial charge in [-0.05, 0) is 38.3 Å². The van der Waals surface area contributed by atoms with Crippen molar-refractivity contribution in [2.45, 2.75) is 39.2 Å². The van der Waals surface area contributed by atoms with E-state index < -0.39 is 5.41 Å². The van der Waals surface area contributed by atoms with E-state index in [1.807, 2.05) is 68.4 Å². The Labute approximate surface area is 173 Å². The zero-order valence-electron chi connectivity index (χ0n) is 17.8. The zero-order valence-corrected chi connectivity index (χ0v) is 17.8. The summed E-state index contributed by atoms with van der Waals surface area (Å²) in [5.41, 5.74) is 2.36. The first-order chi connectivity index (χ1) is 13.8. The third-order valence-electron chi connectivity index (χ3n) is 5.12. The van der Waals surface area contributed by atoms with E-state index in [9.17, 15) is 9.59 Å². The predicted octanol–water partition coefficient (Wildman–Crippen LogP) is 4.52. The highest BCUT2D eigenvalue weighted by Crippen LogP contribution is 2.26. The highest BCUT2D eigenvalue weighted by atomic mass is 16.6. The molecule has 0 saturated carbocycles. The number of carbonyl (C=O) groups excluding carboxylic acids is 2. The molecular formula is C24H31NO4. The van der Waals surface area contributed by atoms with Crippen molar-refractivity contribution in [3.05, 3.63) is 71.3 Å². The minimum Gasteiger partial charge on any atom is -0.445 e. The lowest BCUT2D eigenvalue weighted by atomic mass is 9.79. The van der Waals surface area contributed by atoms with E-state index in [1.54, 1.807) is 14.0 Å². The molecule has 29 heavy (non-hydrogen) atoms. The molecule has 0 heterocycles. The Morgan fingerprint density at radius 3 is 2.45 bits per heavy atom. The fourth-order valence-electron chi connectivity index (χ4n) is 2.98. The number of Topliss-reactive ketones (excluding diaryl/α,β-unsaturated/α-hetero) is 1. The number of ketones is 1. The summed E-state index contributed by atoms with van der Waals surface area (Å²) < 4.78 is 11.1. The fourth-order valence-corrected chi connectivity index (χ4v) is 2.98. The van der Waals surface area contributed by atoms with Crippen LogP contribution in [0.4, 0.5) is 4.79 Å². The van der Waals surface area contributed by atoms with E-state index >= 15 is 0 Å². The zero-order chi connectivity index (χ0) is 21.3. The Hall–Kier alpha value is -2.66. The van der Waals surface area contributed by atoms with Gasteiger partial charge < -0.3 is 14.4 Å². The second-order valence-electron chi connectivity index (χ2n) is 7.63. The Bertz CT molecular complexity index is 806. The Balaban J connectivity index is 1.74. The summed E-state index contributed by atoms with van der Waals surface area (Å²) in [5, 5.41) is 0. The molecule has 0 fully saturated rings. The fraction of sp³-hybridized carbons (Fsp3) is 0.417. The number of ether oxygens (including phenoxy) is 2. The maximum Gasteiger partial charge on any atom is 0.409 e. The number of benzene rings is 2. The molecule has 1 amide bonds. The average molecular weight is 398 g/mol. The number of carbonyl (C=O) groups is 2. The van der Waals surface area contributed by atoms with Crippen molar-refractivity contribution in [2.24, 2.45) is 0 Å². The lowest BCUT2D eigenvalue weighted by Gasteiger charge is -2.27. The maximum absolute atomic E-state index is 12.3. The number of hydrogen-bond donors (Lipinski definition) is 0. The van der Waals surface area contributed by atoms with Gasteiger partial charge in [0.1, 0.15) is 12.4 Å². The largest absolute Gasteiger partial charge is 0.445 e. The van der Waals surface area contributed by atoms with Crippen molar-refractivity contribution in [1.29, 1.82) is 0 Å². The molecule has 0 saturated heterocycles. The molecule has 0 aromatic heterocycles. The highest BCUT2D eigenvalue weighted by molar-refractivity contribution is 5.87. The van der Waals surface area contributed by atoms with E-state index in [1.165, 1.54) is 4.90 Å². The molecule has 0 bridgehead atoms. The molecule has 0 aliphatic heterocycles. The van der Waals surface area contributed by atoms with Gasteiger partial charge in [-0.15, -0.1) is 0 Å². The third-order valence-corrected chi connectivity index (χ3v) is 5.12. The van der Waals surface area contributed by atoms with Crippen molar-refractivity contribution in [3.8, 4) is 0 Å². The van der Waals surface area contributed by atoms with Gasteiger partial charge in [-0.2, -0.15) is 0 Å². The summed E-state index contributed by atoms with van der Waals surface area (Å²) in [4.78, 5) is 25.9. The minimum absolute atomic E-state index is 0.0738. The Morgan fingerprint density at radius 1 is 1.07 bits per heavy atom. The van der Waals surface area contributed by atoms with Crippen molar-refractivity contribution >= 4 is 11.9 Å². The summed E-state index contributed by atoms with van der Waals surface area (Å²) in [6.45, 7) is 7.08. The highest BCUT2D eigenvalue weighted by Gasteiger charge is 2.32. The molecule has 156 valence electrons. The summed E-state index contributed by atoms with van der Waals surface area (Å²) in [5.74, 6) is 0.0738. The molecule has 2 rings (SSSR count). The van der Waals surface area contributed by atoms with Gasteiger partial charge >= 0.3 is 6.09 Å². The average Bonchev–Trinajstić information content (AvgIpc) is 2.72. The number of amides is 1. The topological polar surface area (TPSA) is 55.8 Å². The van der Waals surface area contributed by atoms with E-state index in [-0.39, 0.29) is 18.5 Å². The molecule has 5 heteroatoms. The van der Waals surface area contributed by atoms with E-state index in [4.69, 9.17) is 9.47 Å². The van der Waals surface area contributed by atoms with Gasteiger partial charge in [0, 0.05) is 20.2 Å². The third kappa shape index (κ3) is 6.71. The second kappa shape index (κ2) is 10.8. The predicted molar refractivity (Wildman–Crippen MR) is 114 cm³/mol. The van der Waals surface area contributed by atoms with Gasteiger partial charge in [-0.1, -0.05) is 60.2 Å². The van der Waals surface area contributed by atoms with Gasteiger partial charge in [-0.25, -0.2) is 4.79 Å². The molecule has 2 aromatic carbocycles. The molecule has 1 unspecified atom stereocenters. The Kier molecular flexibility index (Phi) is 8.40. The van der Waals surface area contributed by atoms with Crippen LogP contribution >= 0.6 is 0 Å². The SMILES string of the molecule is CC(=O)C(C)(COCCCN(C)C(=O)OCc1ccccc1)c1cccc(C)c1. The van der Waals surface area contributed by atoms with Crippen LogP contribution in [0, 0.1) is 6.92 Å². The standard InChI is InChI=1S/C24H31NO4/c1-19-10-8-13-22(16-19)24(3,20(2)26)18-28-15-9-14-25(4)23(27)29-17-21-11-6-5-7-12-21/h5-8,10-13,16H,9,14-15,17-18H2,1-4H3. The lowest BCUT2D eigenvalue weighted by molar-refractivity contribution is -0.124.